The Labute approximate surface area is 173 Å². The molecule has 150 valence electrons. The lowest BCUT2D eigenvalue weighted by Gasteiger charge is -2.09. The summed E-state index contributed by atoms with van der Waals surface area (Å²) in [5, 5.41) is 5.27. The molecule has 0 aliphatic rings. The average molecular weight is 460 g/mol. The van der Waals surface area contributed by atoms with Gasteiger partial charge in [0, 0.05) is 22.9 Å². The summed E-state index contributed by atoms with van der Waals surface area (Å²) in [5.41, 5.74) is -0.238. The van der Waals surface area contributed by atoms with Gasteiger partial charge in [-0.25, -0.2) is 9.78 Å². The van der Waals surface area contributed by atoms with E-state index in [0.717, 1.165) is 4.47 Å². The van der Waals surface area contributed by atoms with Crippen LogP contribution in [0.5, 0.6) is 0 Å². The first kappa shape index (κ1) is 20.5. The molecule has 0 atom stereocenters. The number of anilines is 1. The van der Waals surface area contributed by atoms with Gasteiger partial charge in [0.05, 0.1) is 17.5 Å². The van der Waals surface area contributed by atoms with Crippen LogP contribution in [0.2, 0.25) is 0 Å². The van der Waals surface area contributed by atoms with Crippen molar-refractivity contribution in [2.24, 2.45) is 0 Å². The van der Waals surface area contributed by atoms with Gasteiger partial charge in [0.15, 0.2) is 0 Å². The second kappa shape index (κ2) is 8.82. The normalized spacial score (nSPS) is 10.7. The third kappa shape index (κ3) is 4.77. The van der Waals surface area contributed by atoms with Crippen molar-refractivity contribution in [2.45, 2.75) is 19.9 Å². The van der Waals surface area contributed by atoms with Gasteiger partial charge >= 0.3 is 5.69 Å². The van der Waals surface area contributed by atoms with E-state index >= 15 is 0 Å². The number of H-pyrrole nitrogens is 1. The summed E-state index contributed by atoms with van der Waals surface area (Å²) in [7, 11) is 0. The van der Waals surface area contributed by atoms with Gasteiger partial charge in [-0.3, -0.25) is 23.9 Å². The number of hydrogen-bond donors (Lipinski definition) is 3. The maximum absolute atomic E-state index is 12.4. The molecule has 0 spiro atoms. The zero-order chi connectivity index (χ0) is 21.0. The van der Waals surface area contributed by atoms with Crippen molar-refractivity contribution in [3.63, 3.8) is 0 Å². The quantitative estimate of drug-likeness (QED) is 0.516. The third-order valence-corrected chi connectivity index (χ3v) is 4.61. The summed E-state index contributed by atoms with van der Waals surface area (Å²) in [6, 6.07) is 8.36. The summed E-state index contributed by atoms with van der Waals surface area (Å²) in [5.74, 6) is -0.956. The van der Waals surface area contributed by atoms with Gasteiger partial charge in [0.2, 0.25) is 5.91 Å². The molecule has 10 heteroatoms. The molecule has 0 saturated heterocycles. The molecular formula is C19H18BrN5O4. The summed E-state index contributed by atoms with van der Waals surface area (Å²) in [6.45, 7) is 2.03. The topological polar surface area (TPSA) is 126 Å². The summed E-state index contributed by atoms with van der Waals surface area (Å²) in [4.78, 5) is 54.8. The smallest absolute Gasteiger partial charge is 0.329 e. The first-order valence-corrected chi connectivity index (χ1v) is 9.65. The molecule has 3 aromatic rings. The lowest BCUT2D eigenvalue weighted by Crippen LogP contribution is -2.34. The third-order valence-electron chi connectivity index (χ3n) is 4.08. The van der Waals surface area contributed by atoms with E-state index in [2.05, 4.69) is 36.5 Å². The maximum atomic E-state index is 12.4. The van der Waals surface area contributed by atoms with Crippen LogP contribution in [0.4, 0.5) is 5.69 Å². The van der Waals surface area contributed by atoms with Crippen LogP contribution in [-0.4, -0.2) is 32.9 Å². The van der Waals surface area contributed by atoms with Crippen molar-refractivity contribution < 1.29 is 9.59 Å². The number of benzene rings is 1. The van der Waals surface area contributed by atoms with Crippen molar-refractivity contribution >= 4 is 44.5 Å². The van der Waals surface area contributed by atoms with Crippen molar-refractivity contribution in [2.75, 3.05) is 11.9 Å². The number of fused-ring (bicyclic) bond motifs is 1. The number of rotatable bonds is 6. The van der Waals surface area contributed by atoms with Crippen LogP contribution in [0.15, 0.2) is 50.6 Å². The highest BCUT2D eigenvalue weighted by molar-refractivity contribution is 9.10. The van der Waals surface area contributed by atoms with Crippen molar-refractivity contribution in [3.8, 4) is 0 Å². The Morgan fingerprint density at radius 3 is 2.62 bits per heavy atom. The van der Waals surface area contributed by atoms with E-state index in [-0.39, 0.29) is 23.1 Å². The van der Waals surface area contributed by atoms with Gasteiger partial charge in [-0.2, -0.15) is 0 Å². The summed E-state index contributed by atoms with van der Waals surface area (Å²) in [6.07, 6.45) is 1.95. The number of aromatic nitrogens is 3. The SMILES string of the molecule is CCCn1c(=O)[nH]c(=O)c2cc(C(=O)NCC(=O)Nc3ccc(Br)cc3)cnc21. The molecule has 9 nitrogen and oxygen atoms in total. The minimum absolute atomic E-state index is 0.112. The maximum Gasteiger partial charge on any atom is 0.329 e. The molecule has 0 aliphatic heterocycles. The molecule has 3 rings (SSSR count). The highest BCUT2D eigenvalue weighted by Gasteiger charge is 2.14. The van der Waals surface area contributed by atoms with E-state index < -0.39 is 23.1 Å². The Morgan fingerprint density at radius 1 is 1.21 bits per heavy atom. The van der Waals surface area contributed by atoms with Gasteiger partial charge in [-0.1, -0.05) is 22.9 Å². The Bertz CT molecular complexity index is 1180. The van der Waals surface area contributed by atoms with Crippen LogP contribution in [0.1, 0.15) is 23.7 Å². The second-order valence-electron chi connectivity index (χ2n) is 6.24. The van der Waals surface area contributed by atoms with Crippen LogP contribution >= 0.6 is 15.9 Å². The molecule has 2 amide bonds. The second-order valence-corrected chi connectivity index (χ2v) is 7.16. The number of hydrogen-bond acceptors (Lipinski definition) is 5. The number of pyridine rings is 1. The van der Waals surface area contributed by atoms with E-state index in [0.29, 0.717) is 18.7 Å². The van der Waals surface area contributed by atoms with Crippen molar-refractivity contribution in [3.05, 3.63) is 67.4 Å². The van der Waals surface area contributed by atoms with Crippen LogP contribution in [0.25, 0.3) is 11.0 Å². The van der Waals surface area contributed by atoms with Gasteiger partial charge in [-0.05, 0) is 36.8 Å². The van der Waals surface area contributed by atoms with Crippen molar-refractivity contribution in [1.82, 2.24) is 19.9 Å². The Hall–Kier alpha value is -3.27. The highest BCUT2D eigenvalue weighted by Crippen LogP contribution is 2.14. The Kier molecular flexibility index (Phi) is 6.23. The van der Waals surface area contributed by atoms with Crippen LogP contribution in [0.3, 0.4) is 0 Å². The molecule has 0 saturated carbocycles. The minimum Gasteiger partial charge on any atom is -0.343 e. The minimum atomic E-state index is -0.618. The molecule has 0 aliphatic carbocycles. The lowest BCUT2D eigenvalue weighted by atomic mass is 10.2. The molecular weight excluding hydrogens is 442 g/mol. The fourth-order valence-corrected chi connectivity index (χ4v) is 2.99. The fourth-order valence-electron chi connectivity index (χ4n) is 2.72. The van der Waals surface area contributed by atoms with Gasteiger partial charge < -0.3 is 10.6 Å². The number of aromatic amines is 1. The van der Waals surface area contributed by atoms with E-state index in [1.54, 1.807) is 24.3 Å². The predicted octanol–water partition coefficient (Wildman–Crippen LogP) is 1.63. The standard InChI is InChI=1S/C19H18BrN5O4/c1-2-7-25-16-14(18(28)24-19(25)29)8-11(9-21-16)17(27)22-10-15(26)23-13-5-3-12(20)4-6-13/h3-6,8-9H,2,7,10H2,1H3,(H,22,27)(H,23,26)(H,24,28,29). The zero-order valence-corrected chi connectivity index (χ0v) is 17.1. The Balaban J connectivity index is 1.73. The molecule has 0 bridgehead atoms. The lowest BCUT2D eigenvalue weighted by molar-refractivity contribution is -0.115. The number of halogens is 1. The highest BCUT2D eigenvalue weighted by atomic mass is 79.9. The number of carbonyl (C=O) groups is 2. The molecule has 3 N–H and O–H groups in total. The number of carbonyl (C=O) groups excluding carboxylic acids is 2. The fraction of sp³-hybridized carbons (Fsp3) is 0.211. The largest absolute Gasteiger partial charge is 0.343 e. The average Bonchev–Trinajstić information content (AvgIpc) is 2.70. The molecule has 0 radical (unpaired) electrons. The predicted molar refractivity (Wildman–Crippen MR) is 112 cm³/mol. The van der Waals surface area contributed by atoms with Crippen LogP contribution < -0.4 is 21.9 Å². The van der Waals surface area contributed by atoms with E-state index in [1.165, 1.54) is 16.8 Å². The number of nitrogens with one attached hydrogen (secondary N) is 3. The molecule has 29 heavy (non-hydrogen) atoms. The van der Waals surface area contributed by atoms with Crippen LogP contribution in [-0.2, 0) is 11.3 Å². The molecule has 2 aromatic heterocycles. The summed E-state index contributed by atoms with van der Waals surface area (Å²) < 4.78 is 2.23. The van der Waals surface area contributed by atoms with Gasteiger partial charge in [-0.15, -0.1) is 0 Å². The number of nitrogens with zero attached hydrogens (tertiary/aromatic N) is 2. The zero-order valence-electron chi connectivity index (χ0n) is 15.5. The van der Waals surface area contributed by atoms with E-state index in [4.69, 9.17) is 0 Å². The van der Waals surface area contributed by atoms with E-state index in [9.17, 15) is 19.2 Å². The van der Waals surface area contributed by atoms with Gasteiger partial charge in [0.1, 0.15) is 5.65 Å². The first-order chi connectivity index (χ1) is 13.9. The number of amides is 2. The van der Waals surface area contributed by atoms with Crippen molar-refractivity contribution in [1.29, 1.82) is 0 Å². The van der Waals surface area contributed by atoms with Crippen LogP contribution in [0, 0.1) is 0 Å². The molecule has 0 unspecified atom stereocenters. The number of aryl methyl sites for hydroxylation is 1. The summed E-state index contributed by atoms with van der Waals surface area (Å²) >= 11 is 3.31. The Morgan fingerprint density at radius 2 is 1.93 bits per heavy atom. The monoisotopic (exact) mass is 459 g/mol. The van der Waals surface area contributed by atoms with E-state index in [1.807, 2.05) is 6.92 Å². The molecule has 2 heterocycles. The first-order valence-electron chi connectivity index (χ1n) is 8.85. The molecule has 0 fully saturated rings. The van der Waals surface area contributed by atoms with Gasteiger partial charge in [0.25, 0.3) is 11.5 Å². The molecule has 1 aromatic carbocycles.